The third kappa shape index (κ3) is 6.24. The molecule has 0 aliphatic carbocycles. The second kappa shape index (κ2) is 11.5. The lowest BCUT2D eigenvalue weighted by atomic mass is 9.96. The Kier molecular flexibility index (Phi) is 7.95. The molecule has 7 nitrogen and oxygen atoms in total. The van der Waals surface area contributed by atoms with Gasteiger partial charge in [-0.15, -0.1) is 0 Å². The fraction of sp³-hybridized carbons (Fsp3) is 0.370. The van der Waals surface area contributed by atoms with E-state index in [-0.39, 0.29) is 11.8 Å². The molecule has 1 amide bonds. The highest BCUT2D eigenvalue weighted by molar-refractivity contribution is 5.78. The number of likely N-dealkylation sites (tertiary alicyclic amines) is 1. The highest BCUT2D eigenvalue weighted by atomic mass is 16.5. The first-order valence-electron chi connectivity index (χ1n) is 11.8. The summed E-state index contributed by atoms with van der Waals surface area (Å²) in [5.41, 5.74) is 4.05. The molecule has 1 aliphatic heterocycles. The largest absolute Gasteiger partial charge is 0.497 e. The molecule has 176 valence electrons. The van der Waals surface area contributed by atoms with Gasteiger partial charge in [-0.3, -0.25) is 9.69 Å². The van der Waals surface area contributed by atoms with Gasteiger partial charge in [0.2, 0.25) is 5.91 Å². The van der Waals surface area contributed by atoms with Gasteiger partial charge in [0.1, 0.15) is 5.75 Å². The lowest BCUT2D eigenvalue weighted by Gasteiger charge is -2.32. The van der Waals surface area contributed by atoms with Crippen LogP contribution in [0.15, 0.2) is 61.1 Å². The number of nitrogens with one attached hydrogen (secondary N) is 1. The molecule has 0 bridgehead atoms. The van der Waals surface area contributed by atoms with Crippen LogP contribution >= 0.6 is 0 Å². The Morgan fingerprint density at radius 2 is 2.06 bits per heavy atom. The fourth-order valence-electron chi connectivity index (χ4n) is 4.48. The zero-order valence-corrected chi connectivity index (χ0v) is 19.6. The number of amides is 1. The quantitative estimate of drug-likeness (QED) is 0.533. The van der Waals surface area contributed by atoms with Crippen LogP contribution in [0, 0.1) is 17.2 Å². The lowest BCUT2D eigenvalue weighted by molar-refractivity contribution is -0.126. The minimum atomic E-state index is 0.0166. The Morgan fingerprint density at radius 3 is 2.85 bits per heavy atom. The van der Waals surface area contributed by atoms with Crippen LogP contribution in [-0.4, -0.2) is 47.1 Å². The number of methoxy groups -OCH3 is 1. The molecule has 34 heavy (non-hydrogen) atoms. The molecule has 0 spiro atoms. The van der Waals surface area contributed by atoms with E-state index >= 15 is 0 Å². The van der Waals surface area contributed by atoms with Crippen molar-refractivity contribution in [2.24, 2.45) is 5.92 Å². The molecule has 1 N–H and O–H groups in total. The molecule has 4 rings (SSSR count). The van der Waals surface area contributed by atoms with Crippen LogP contribution in [0.5, 0.6) is 5.75 Å². The number of nitriles is 1. The second-order valence-electron chi connectivity index (χ2n) is 8.79. The Bertz CT molecular complexity index is 1130. The van der Waals surface area contributed by atoms with Crippen molar-refractivity contribution < 1.29 is 9.53 Å². The van der Waals surface area contributed by atoms with Gasteiger partial charge < -0.3 is 14.6 Å². The van der Waals surface area contributed by atoms with Gasteiger partial charge in [0.25, 0.3) is 0 Å². The number of carbonyl (C=O) groups is 1. The first kappa shape index (κ1) is 23.5. The van der Waals surface area contributed by atoms with Crippen molar-refractivity contribution >= 4 is 5.91 Å². The Labute approximate surface area is 201 Å². The number of carbonyl (C=O) groups excluding carboxylic acids is 1. The average Bonchev–Trinajstić information content (AvgIpc) is 3.31. The fourth-order valence-corrected chi connectivity index (χ4v) is 4.48. The molecule has 1 aromatic heterocycles. The van der Waals surface area contributed by atoms with E-state index in [2.05, 4.69) is 38.0 Å². The summed E-state index contributed by atoms with van der Waals surface area (Å²) in [5.74, 6) is 1.01. The minimum absolute atomic E-state index is 0.0166. The molecular weight excluding hydrogens is 426 g/mol. The van der Waals surface area contributed by atoms with E-state index in [0.717, 1.165) is 55.9 Å². The van der Waals surface area contributed by atoms with Crippen LogP contribution in [0.25, 0.3) is 0 Å². The number of piperidine rings is 1. The topological polar surface area (TPSA) is 83.2 Å². The predicted octanol–water partition coefficient (Wildman–Crippen LogP) is 3.38. The minimum Gasteiger partial charge on any atom is -0.497 e. The standard InChI is InChI=1S/C27H31N5O2/c1-34-26-6-2-4-23(14-26)17-31-13-3-5-24(19-31)27(33)30-12-11-25-16-29-20-32(25)18-22-9-7-21(15-28)8-10-22/h2,4,6-10,14,16,20,24H,3,5,11-13,17-19H2,1H3,(H,30,33)/t24-/m0/s1. The molecule has 2 aromatic carbocycles. The van der Waals surface area contributed by atoms with Crippen molar-refractivity contribution in [1.29, 1.82) is 5.26 Å². The first-order valence-corrected chi connectivity index (χ1v) is 11.8. The van der Waals surface area contributed by atoms with Crippen LogP contribution in [0.2, 0.25) is 0 Å². The highest BCUT2D eigenvalue weighted by Crippen LogP contribution is 2.21. The maximum atomic E-state index is 12.9. The Hall–Kier alpha value is -3.63. The number of rotatable bonds is 9. The molecule has 0 unspecified atom stereocenters. The third-order valence-corrected chi connectivity index (χ3v) is 6.33. The SMILES string of the molecule is COc1cccc(CN2CCC[C@H](C(=O)NCCc3cncn3Cc3ccc(C#N)cc3)C2)c1. The molecule has 1 atom stereocenters. The van der Waals surface area contributed by atoms with E-state index in [9.17, 15) is 4.79 Å². The summed E-state index contributed by atoms with van der Waals surface area (Å²) in [4.78, 5) is 19.5. The van der Waals surface area contributed by atoms with Gasteiger partial charge in [0.05, 0.1) is 31.0 Å². The van der Waals surface area contributed by atoms with Crippen molar-refractivity contribution in [3.05, 3.63) is 83.4 Å². The average molecular weight is 458 g/mol. The van der Waals surface area contributed by atoms with Gasteiger partial charge in [0.15, 0.2) is 0 Å². The van der Waals surface area contributed by atoms with Gasteiger partial charge in [-0.2, -0.15) is 5.26 Å². The number of aromatic nitrogens is 2. The lowest BCUT2D eigenvalue weighted by Crippen LogP contribution is -2.43. The summed E-state index contributed by atoms with van der Waals surface area (Å²) in [6.45, 7) is 3.89. The molecule has 1 fully saturated rings. The Morgan fingerprint density at radius 1 is 1.21 bits per heavy atom. The summed E-state index contributed by atoms with van der Waals surface area (Å²) < 4.78 is 7.42. The smallest absolute Gasteiger partial charge is 0.224 e. The normalized spacial score (nSPS) is 16.1. The van der Waals surface area contributed by atoms with Crippen molar-refractivity contribution in [3.8, 4) is 11.8 Å². The molecule has 7 heteroatoms. The van der Waals surface area contributed by atoms with Gasteiger partial charge in [-0.05, 0) is 54.8 Å². The van der Waals surface area contributed by atoms with Crippen molar-refractivity contribution in [3.63, 3.8) is 0 Å². The number of hydrogen-bond acceptors (Lipinski definition) is 5. The zero-order chi connectivity index (χ0) is 23.8. The first-order chi connectivity index (χ1) is 16.6. The van der Waals surface area contributed by atoms with E-state index < -0.39 is 0 Å². The van der Waals surface area contributed by atoms with E-state index in [0.29, 0.717) is 18.7 Å². The second-order valence-corrected chi connectivity index (χ2v) is 8.79. The van der Waals surface area contributed by atoms with E-state index in [1.807, 2.05) is 48.9 Å². The number of nitrogens with zero attached hydrogens (tertiary/aromatic N) is 4. The summed E-state index contributed by atoms with van der Waals surface area (Å²) in [7, 11) is 1.68. The maximum absolute atomic E-state index is 12.9. The molecule has 2 heterocycles. The van der Waals surface area contributed by atoms with Gasteiger partial charge in [-0.1, -0.05) is 24.3 Å². The summed E-state index contributed by atoms with van der Waals surface area (Å²) in [6, 6.07) is 17.8. The molecule has 1 aliphatic rings. The van der Waals surface area contributed by atoms with Crippen LogP contribution in [-0.2, 0) is 24.3 Å². The number of ether oxygens (including phenoxy) is 1. The van der Waals surface area contributed by atoms with E-state index in [4.69, 9.17) is 10.00 Å². The molecular formula is C27H31N5O2. The highest BCUT2D eigenvalue weighted by Gasteiger charge is 2.25. The van der Waals surface area contributed by atoms with Crippen molar-refractivity contribution in [2.45, 2.75) is 32.4 Å². The number of benzene rings is 2. The number of hydrogen-bond donors (Lipinski definition) is 1. The monoisotopic (exact) mass is 457 g/mol. The van der Waals surface area contributed by atoms with Gasteiger partial charge in [-0.25, -0.2) is 4.98 Å². The molecule has 0 radical (unpaired) electrons. The van der Waals surface area contributed by atoms with Crippen LogP contribution < -0.4 is 10.1 Å². The van der Waals surface area contributed by atoms with E-state index in [1.165, 1.54) is 5.56 Å². The van der Waals surface area contributed by atoms with Gasteiger partial charge >= 0.3 is 0 Å². The number of imidazole rings is 1. The van der Waals surface area contributed by atoms with Crippen molar-refractivity contribution in [1.82, 2.24) is 19.8 Å². The predicted molar refractivity (Wildman–Crippen MR) is 130 cm³/mol. The molecule has 1 saturated heterocycles. The Balaban J connectivity index is 1.25. The van der Waals surface area contributed by atoms with Crippen LogP contribution in [0.1, 0.15) is 35.2 Å². The zero-order valence-electron chi connectivity index (χ0n) is 19.6. The van der Waals surface area contributed by atoms with E-state index in [1.54, 1.807) is 7.11 Å². The maximum Gasteiger partial charge on any atom is 0.224 e. The van der Waals surface area contributed by atoms with Gasteiger partial charge in [0, 0.05) is 44.5 Å². The van der Waals surface area contributed by atoms with Crippen LogP contribution in [0.3, 0.4) is 0 Å². The molecule has 0 saturated carbocycles. The molecule has 3 aromatic rings. The van der Waals surface area contributed by atoms with Crippen LogP contribution in [0.4, 0.5) is 0 Å². The summed E-state index contributed by atoms with van der Waals surface area (Å²) >= 11 is 0. The summed E-state index contributed by atoms with van der Waals surface area (Å²) in [5, 5.41) is 12.1. The summed E-state index contributed by atoms with van der Waals surface area (Å²) in [6.07, 6.45) is 6.35. The van der Waals surface area contributed by atoms with Crippen molar-refractivity contribution in [2.75, 3.05) is 26.7 Å². The third-order valence-electron chi connectivity index (χ3n) is 6.33.